The van der Waals surface area contributed by atoms with Gasteiger partial charge >= 0.3 is 0 Å². The van der Waals surface area contributed by atoms with E-state index in [1.807, 2.05) is 0 Å². The lowest BCUT2D eigenvalue weighted by molar-refractivity contribution is -0.124. The van der Waals surface area contributed by atoms with Crippen molar-refractivity contribution in [1.29, 1.82) is 0 Å². The minimum absolute atomic E-state index is 0.962. The van der Waals surface area contributed by atoms with Gasteiger partial charge in [0.2, 0.25) is 0 Å². The molecule has 0 saturated heterocycles. The Morgan fingerprint density at radius 3 is 0.974 bits per heavy atom. The van der Waals surface area contributed by atoms with Crippen LogP contribution in [-0.2, 0) is 0 Å². The summed E-state index contributed by atoms with van der Waals surface area (Å²) in [4.78, 5) is 0. The molecule has 24 atom stereocenters. The van der Waals surface area contributed by atoms with E-state index in [1.54, 1.807) is 70.6 Å². The van der Waals surface area contributed by atoms with Crippen LogP contribution >= 0.6 is 0 Å². The number of hydrogen-bond acceptors (Lipinski definition) is 0. The first-order chi connectivity index (χ1) is 19.2. The van der Waals surface area contributed by atoms with E-state index < -0.39 is 0 Å². The molecule has 0 radical (unpaired) electrons. The van der Waals surface area contributed by atoms with Crippen molar-refractivity contribution in [2.45, 2.75) is 84.5 Å². The molecular formula is C39H54. The fourth-order valence-corrected chi connectivity index (χ4v) is 21.2. The highest BCUT2D eigenvalue weighted by Gasteiger charge is 2.78. The average Bonchev–Trinajstić information content (AvgIpc) is 3.80. The molecule has 13 aliphatic rings. The van der Waals surface area contributed by atoms with E-state index in [0.29, 0.717) is 0 Å². The van der Waals surface area contributed by atoms with E-state index in [2.05, 4.69) is 13.8 Å². The van der Waals surface area contributed by atoms with Crippen LogP contribution in [0.2, 0.25) is 0 Å². The van der Waals surface area contributed by atoms with Crippen molar-refractivity contribution in [3.8, 4) is 0 Å². The van der Waals surface area contributed by atoms with E-state index in [0.717, 1.165) is 11.8 Å². The van der Waals surface area contributed by atoms with Crippen LogP contribution in [0.5, 0.6) is 0 Å². The predicted molar refractivity (Wildman–Crippen MR) is 153 cm³/mol. The van der Waals surface area contributed by atoms with Crippen molar-refractivity contribution in [2.75, 3.05) is 0 Å². The topological polar surface area (TPSA) is 0 Å². The van der Waals surface area contributed by atoms with Gasteiger partial charge in [0.05, 0.1) is 0 Å². The van der Waals surface area contributed by atoms with E-state index >= 15 is 0 Å². The Balaban J connectivity index is 0.882. The van der Waals surface area contributed by atoms with Gasteiger partial charge in [-0.3, -0.25) is 0 Å². The molecule has 13 aliphatic carbocycles. The Hall–Kier alpha value is 0. The number of hydrogen-bond donors (Lipinski definition) is 0. The Morgan fingerprint density at radius 2 is 0.590 bits per heavy atom. The zero-order valence-electron chi connectivity index (χ0n) is 24.8. The lowest BCUT2D eigenvalue weighted by atomic mass is 9.45. The van der Waals surface area contributed by atoms with Crippen LogP contribution in [0.1, 0.15) is 84.5 Å². The lowest BCUT2D eigenvalue weighted by Crippen LogP contribution is -2.55. The first-order valence-corrected chi connectivity index (χ1v) is 19.2. The highest BCUT2D eigenvalue weighted by molar-refractivity contribution is 5.26. The first-order valence-electron chi connectivity index (χ1n) is 19.2. The molecule has 12 bridgehead atoms. The van der Waals surface area contributed by atoms with Crippen LogP contribution < -0.4 is 0 Å². The monoisotopic (exact) mass is 522 g/mol. The summed E-state index contributed by atoms with van der Waals surface area (Å²) in [5.74, 6) is 31.1. The van der Waals surface area contributed by atoms with E-state index in [1.165, 1.54) is 142 Å². The summed E-state index contributed by atoms with van der Waals surface area (Å²) in [7, 11) is 0. The molecule has 24 unspecified atom stereocenters. The van der Waals surface area contributed by atoms with Crippen LogP contribution in [-0.4, -0.2) is 0 Å². The summed E-state index contributed by atoms with van der Waals surface area (Å²) < 4.78 is 0. The smallest absolute Gasteiger partial charge is 0.0318 e. The minimum atomic E-state index is 0.962. The lowest BCUT2D eigenvalue weighted by Gasteiger charge is -2.60. The van der Waals surface area contributed by atoms with E-state index in [9.17, 15) is 0 Å². The van der Waals surface area contributed by atoms with Crippen LogP contribution in [0, 0.1) is 154 Å². The van der Waals surface area contributed by atoms with Gasteiger partial charge < -0.3 is 0 Å². The molecule has 0 amide bonds. The van der Waals surface area contributed by atoms with Gasteiger partial charge in [-0.1, -0.05) is 13.8 Å². The summed E-state index contributed by atoms with van der Waals surface area (Å²) in [6.07, 6.45) is 18.6. The second-order valence-corrected chi connectivity index (χ2v) is 20.1. The third-order valence-electron chi connectivity index (χ3n) is 20.4. The molecule has 0 heteroatoms. The largest absolute Gasteiger partial charge is 0.0625 e. The Kier molecular flexibility index (Phi) is 3.65. The van der Waals surface area contributed by atoms with Crippen molar-refractivity contribution >= 4 is 0 Å². The van der Waals surface area contributed by atoms with E-state index in [-0.39, 0.29) is 0 Å². The van der Waals surface area contributed by atoms with Crippen molar-refractivity contribution in [3.05, 3.63) is 0 Å². The molecule has 0 aromatic carbocycles. The van der Waals surface area contributed by atoms with Crippen molar-refractivity contribution in [2.24, 2.45) is 154 Å². The Morgan fingerprint density at radius 1 is 0.308 bits per heavy atom. The maximum atomic E-state index is 2.73. The van der Waals surface area contributed by atoms with Gasteiger partial charge in [0.25, 0.3) is 0 Å². The van der Waals surface area contributed by atoms with Crippen LogP contribution in [0.15, 0.2) is 0 Å². The average molecular weight is 523 g/mol. The number of rotatable bonds is 1. The molecule has 0 spiro atoms. The third-order valence-corrected chi connectivity index (χ3v) is 20.4. The van der Waals surface area contributed by atoms with Crippen molar-refractivity contribution < 1.29 is 0 Å². The third kappa shape index (κ3) is 2.08. The summed E-state index contributed by atoms with van der Waals surface area (Å²) >= 11 is 0. The quantitative estimate of drug-likeness (QED) is 0.303. The highest BCUT2D eigenvalue weighted by Crippen LogP contribution is 2.84. The van der Waals surface area contributed by atoms with E-state index in [4.69, 9.17) is 0 Å². The zero-order valence-corrected chi connectivity index (χ0v) is 24.8. The van der Waals surface area contributed by atoms with Gasteiger partial charge in [-0.25, -0.2) is 0 Å². The molecule has 13 saturated carbocycles. The van der Waals surface area contributed by atoms with Gasteiger partial charge in [-0.05, 0) is 224 Å². The molecule has 0 aliphatic heterocycles. The molecule has 0 nitrogen and oxygen atoms in total. The molecule has 0 aromatic heterocycles. The second-order valence-electron chi connectivity index (χ2n) is 20.1. The van der Waals surface area contributed by atoms with Gasteiger partial charge in [0.15, 0.2) is 0 Å². The second kappa shape index (κ2) is 6.57. The predicted octanol–water partition coefficient (Wildman–Crippen LogP) is 8.52. The van der Waals surface area contributed by atoms with Gasteiger partial charge in [-0.15, -0.1) is 0 Å². The van der Waals surface area contributed by atoms with Crippen molar-refractivity contribution in [3.63, 3.8) is 0 Å². The SMILES string of the molecule is CC(C)C1C2C(CC3C4CC(C5C6CC(C7C8CCC(C8)C67)C45)C31)C1CC2C2C3CC(C4C5CCC(C5)C34)C12. The summed E-state index contributed by atoms with van der Waals surface area (Å²) in [6, 6.07) is 0. The van der Waals surface area contributed by atoms with Crippen molar-refractivity contribution in [1.82, 2.24) is 0 Å². The molecular weight excluding hydrogens is 468 g/mol. The maximum Gasteiger partial charge on any atom is -0.0318 e. The molecule has 13 rings (SSSR count). The zero-order chi connectivity index (χ0) is 24.8. The molecule has 0 N–H and O–H groups in total. The molecule has 0 heterocycles. The molecule has 13 fully saturated rings. The first kappa shape index (κ1) is 21.7. The summed E-state index contributed by atoms with van der Waals surface area (Å²) in [5, 5.41) is 0. The normalized spacial score (nSPS) is 76.8. The highest BCUT2D eigenvalue weighted by atomic mass is 14.8. The van der Waals surface area contributed by atoms with Gasteiger partial charge in [-0.2, -0.15) is 0 Å². The summed E-state index contributed by atoms with van der Waals surface area (Å²) in [5.41, 5.74) is 0. The summed E-state index contributed by atoms with van der Waals surface area (Å²) in [6.45, 7) is 5.47. The Bertz CT molecular complexity index is 1070. The molecule has 210 valence electrons. The van der Waals surface area contributed by atoms with Crippen LogP contribution in [0.4, 0.5) is 0 Å². The molecule has 0 aromatic rings. The fourth-order valence-electron chi connectivity index (χ4n) is 21.2. The van der Waals surface area contributed by atoms with Gasteiger partial charge in [0.1, 0.15) is 0 Å². The van der Waals surface area contributed by atoms with Crippen LogP contribution in [0.25, 0.3) is 0 Å². The molecule has 39 heavy (non-hydrogen) atoms. The fraction of sp³-hybridized carbons (Fsp3) is 1.00. The standard InChI is InChI=1S/C39H54/c1-14(2)29-34-19(21-10-27(34)38-25-12-23(36(21)38)30-15-3-5-17(7-15)32(25)30)9-20-22-11-28(35(20)29)39-26-13-24(37(22)39)31-16-4-6-18(8-16)33(26)31/h14-39H,3-13H2,1-2H3. The minimum Gasteiger partial charge on any atom is -0.0625 e. The van der Waals surface area contributed by atoms with Crippen LogP contribution in [0.3, 0.4) is 0 Å². The Labute approximate surface area is 238 Å². The maximum absolute atomic E-state index is 2.73. The van der Waals surface area contributed by atoms with Gasteiger partial charge in [0, 0.05) is 0 Å². The number of fused-ring (bicyclic) bond motifs is 38.